The largest absolute Gasteiger partial charge is 0.361 e. The fraction of sp³-hybridized carbons (Fsp3) is 0.133. The summed E-state index contributed by atoms with van der Waals surface area (Å²) in [7, 11) is 0. The highest BCUT2D eigenvalue weighted by Crippen LogP contribution is 2.34. The third-order valence-corrected chi connectivity index (χ3v) is 4.37. The smallest absolute Gasteiger partial charge is 0.253 e. The van der Waals surface area contributed by atoms with Crippen molar-refractivity contribution in [1.82, 2.24) is 5.32 Å². The molecule has 0 spiro atoms. The number of nitrogens with one attached hydrogen (secondary N) is 2. The first-order valence-electron chi connectivity index (χ1n) is 6.51. The number of carbonyl (C=O) groups excluding carboxylic acids is 1. The Hall–Kier alpha value is -0.550. The summed E-state index contributed by atoms with van der Waals surface area (Å²) in [4.78, 5) is 12.4. The molecule has 0 aromatic heterocycles. The van der Waals surface area contributed by atoms with E-state index in [9.17, 15) is 4.79 Å². The van der Waals surface area contributed by atoms with Crippen LogP contribution in [-0.4, -0.2) is 15.9 Å². The molecular formula is C15H10Cl6N2O. The Labute approximate surface area is 169 Å². The first-order chi connectivity index (χ1) is 11.2. The van der Waals surface area contributed by atoms with Gasteiger partial charge in [-0.2, -0.15) is 0 Å². The maximum absolute atomic E-state index is 12.4. The van der Waals surface area contributed by atoms with Gasteiger partial charge in [-0.05, 0) is 36.4 Å². The van der Waals surface area contributed by atoms with Gasteiger partial charge in [0.25, 0.3) is 5.91 Å². The van der Waals surface area contributed by atoms with E-state index in [1.54, 1.807) is 36.4 Å². The number of benzene rings is 2. The highest BCUT2D eigenvalue weighted by molar-refractivity contribution is 6.68. The quantitative estimate of drug-likeness (QED) is 0.434. The van der Waals surface area contributed by atoms with E-state index in [2.05, 4.69) is 10.6 Å². The molecule has 0 saturated carbocycles. The molecule has 128 valence electrons. The van der Waals surface area contributed by atoms with E-state index < -0.39 is 15.9 Å². The Morgan fingerprint density at radius 1 is 0.958 bits per heavy atom. The molecule has 0 unspecified atom stereocenters. The zero-order chi connectivity index (χ0) is 17.9. The maximum atomic E-state index is 12.4. The molecule has 2 aromatic carbocycles. The molecule has 3 nitrogen and oxygen atoms in total. The van der Waals surface area contributed by atoms with Gasteiger partial charge < -0.3 is 10.6 Å². The number of carbonyl (C=O) groups is 1. The maximum Gasteiger partial charge on any atom is 0.253 e. The van der Waals surface area contributed by atoms with E-state index in [-0.39, 0.29) is 0 Å². The Kier molecular flexibility index (Phi) is 6.77. The van der Waals surface area contributed by atoms with Crippen molar-refractivity contribution in [3.8, 4) is 0 Å². The van der Waals surface area contributed by atoms with Crippen LogP contribution in [0.25, 0.3) is 0 Å². The minimum Gasteiger partial charge on any atom is -0.361 e. The van der Waals surface area contributed by atoms with E-state index >= 15 is 0 Å². The Bertz CT molecular complexity index is 747. The van der Waals surface area contributed by atoms with Crippen LogP contribution in [-0.2, 0) is 0 Å². The molecule has 24 heavy (non-hydrogen) atoms. The molecule has 0 aliphatic rings. The lowest BCUT2D eigenvalue weighted by Crippen LogP contribution is -2.49. The average Bonchev–Trinajstić information content (AvgIpc) is 2.49. The number of amides is 1. The summed E-state index contributed by atoms with van der Waals surface area (Å²) in [5.41, 5.74) is 0.729. The zero-order valence-corrected chi connectivity index (χ0v) is 16.3. The first-order valence-corrected chi connectivity index (χ1v) is 8.78. The van der Waals surface area contributed by atoms with E-state index in [0.717, 1.165) is 0 Å². The van der Waals surface area contributed by atoms with Crippen molar-refractivity contribution < 1.29 is 4.79 Å². The molecular weight excluding hydrogens is 437 g/mol. The summed E-state index contributed by atoms with van der Waals surface area (Å²) in [6.45, 7) is 0. The van der Waals surface area contributed by atoms with E-state index in [1.807, 2.05) is 0 Å². The molecule has 0 radical (unpaired) electrons. The van der Waals surface area contributed by atoms with Crippen LogP contribution in [0.2, 0.25) is 15.1 Å². The number of alkyl halides is 3. The number of hydrogen-bond donors (Lipinski definition) is 2. The van der Waals surface area contributed by atoms with Crippen LogP contribution in [0.15, 0.2) is 42.5 Å². The van der Waals surface area contributed by atoms with Crippen LogP contribution >= 0.6 is 69.6 Å². The highest BCUT2D eigenvalue weighted by Gasteiger charge is 2.34. The number of rotatable bonds is 4. The summed E-state index contributed by atoms with van der Waals surface area (Å²) < 4.78 is -1.85. The Balaban J connectivity index is 2.23. The average molecular weight is 447 g/mol. The van der Waals surface area contributed by atoms with Gasteiger partial charge in [0, 0.05) is 15.6 Å². The van der Waals surface area contributed by atoms with E-state index in [0.29, 0.717) is 26.3 Å². The second kappa shape index (κ2) is 8.22. The van der Waals surface area contributed by atoms with Crippen molar-refractivity contribution in [2.75, 3.05) is 5.32 Å². The van der Waals surface area contributed by atoms with Gasteiger partial charge in [0.1, 0.15) is 6.17 Å². The zero-order valence-electron chi connectivity index (χ0n) is 11.8. The molecule has 2 aromatic rings. The highest BCUT2D eigenvalue weighted by atomic mass is 35.6. The Morgan fingerprint density at radius 3 is 2.25 bits per heavy atom. The first kappa shape index (κ1) is 19.8. The predicted octanol–water partition coefficient (Wildman–Crippen LogP) is 6.19. The summed E-state index contributed by atoms with van der Waals surface area (Å²) in [5, 5.41) is 6.66. The molecule has 0 saturated heterocycles. The SMILES string of the molecule is O=C(N[C@@H](Nc1cc(Cl)ccc1Cl)C(Cl)(Cl)Cl)c1cccc(Cl)c1. The van der Waals surface area contributed by atoms with Gasteiger partial charge in [0.05, 0.1) is 10.7 Å². The van der Waals surface area contributed by atoms with Gasteiger partial charge in [-0.15, -0.1) is 0 Å². The lowest BCUT2D eigenvalue weighted by atomic mass is 10.2. The third kappa shape index (κ3) is 5.48. The molecule has 1 atom stereocenters. The molecule has 0 aliphatic heterocycles. The number of hydrogen-bond acceptors (Lipinski definition) is 2. The fourth-order valence-corrected chi connectivity index (χ4v) is 2.67. The molecule has 0 bridgehead atoms. The lowest BCUT2D eigenvalue weighted by Gasteiger charge is -2.28. The summed E-state index contributed by atoms with van der Waals surface area (Å²) in [6.07, 6.45) is -1.06. The molecule has 9 heteroatoms. The topological polar surface area (TPSA) is 41.1 Å². The molecule has 0 aliphatic carbocycles. The number of anilines is 1. The molecule has 2 N–H and O–H groups in total. The minimum atomic E-state index is -1.85. The Morgan fingerprint density at radius 2 is 1.62 bits per heavy atom. The second-order valence-corrected chi connectivity index (χ2v) is 8.38. The van der Waals surface area contributed by atoms with Crippen molar-refractivity contribution in [3.05, 3.63) is 63.1 Å². The van der Waals surface area contributed by atoms with E-state index in [4.69, 9.17) is 69.6 Å². The number of halogens is 6. The predicted molar refractivity (Wildman–Crippen MR) is 103 cm³/mol. The lowest BCUT2D eigenvalue weighted by molar-refractivity contribution is 0.0942. The molecule has 1 amide bonds. The third-order valence-electron chi connectivity index (χ3n) is 2.92. The van der Waals surface area contributed by atoms with Gasteiger partial charge >= 0.3 is 0 Å². The van der Waals surface area contributed by atoms with Gasteiger partial charge in [-0.25, -0.2) is 0 Å². The van der Waals surface area contributed by atoms with Crippen LogP contribution in [0.5, 0.6) is 0 Å². The fourth-order valence-electron chi connectivity index (χ4n) is 1.81. The minimum absolute atomic E-state index is 0.320. The van der Waals surface area contributed by atoms with Crippen molar-refractivity contribution in [1.29, 1.82) is 0 Å². The standard InChI is InChI=1S/C15H10Cl6N2O/c16-9-3-1-2-8(6-9)13(24)23-14(15(19,20)21)22-12-7-10(17)4-5-11(12)18/h1-7,14,22H,(H,23,24)/t14-/m1/s1. The normalized spacial score (nSPS) is 12.6. The van der Waals surface area contributed by atoms with Crippen LogP contribution in [0, 0.1) is 0 Å². The van der Waals surface area contributed by atoms with Crippen LogP contribution in [0.4, 0.5) is 5.69 Å². The summed E-state index contributed by atoms with van der Waals surface area (Å²) in [6, 6.07) is 11.1. The van der Waals surface area contributed by atoms with Crippen LogP contribution < -0.4 is 10.6 Å². The van der Waals surface area contributed by atoms with Gasteiger partial charge in [0.15, 0.2) is 0 Å². The van der Waals surface area contributed by atoms with Crippen molar-refractivity contribution in [2.24, 2.45) is 0 Å². The van der Waals surface area contributed by atoms with Crippen molar-refractivity contribution in [3.63, 3.8) is 0 Å². The molecule has 2 rings (SSSR count). The van der Waals surface area contributed by atoms with Gasteiger partial charge in [-0.3, -0.25) is 4.79 Å². The monoisotopic (exact) mass is 444 g/mol. The molecule has 0 fully saturated rings. The summed E-state index contributed by atoms with van der Waals surface area (Å²) in [5.74, 6) is -0.473. The summed E-state index contributed by atoms with van der Waals surface area (Å²) >= 11 is 35.8. The van der Waals surface area contributed by atoms with Crippen LogP contribution in [0.3, 0.4) is 0 Å². The second-order valence-electron chi connectivity index (χ2n) is 4.73. The van der Waals surface area contributed by atoms with Crippen LogP contribution in [0.1, 0.15) is 10.4 Å². The van der Waals surface area contributed by atoms with Crippen molar-refractivity contribution >= 4 is 81.2 Å². The van der Waals surface area contributed by atoms with Gasteiger partial charge in [-0.1, -0.05) is 75.7 Å². The van der Waals surface area contributed by atoms with Gasteiger partial charge in [0.2, 0.25) is 3.79 Å². The molecule has 0 heterocycles. The van der Waals surface area contributed by atoms with E-state index in [1.165, 1.54) is 6.07 Å². The van der Waals surface area contributed by atoms with Crippen molar-refractivity contribution in [2.45, 2.75) is 9.96 Å².